The third-order valence-corrected chi connectivity index (χ3v) is 4.06. The van der Waals surface area contributed by atoms with Crippen molar-refractivity contribution in [3.63, 3.8) is 0 Å². The third-order valence-electron chi connectivity index (χ3n) is 4.06. The lowest BCUT2D eigenvalue weighted by atomic mass is 10.1. The number of rotatable bonds is 11. The van der Waals surface area contributed by atoms with Gasteiger partial charge >= 0.3 is 0 Å². The number of anilines is 1. The molecule has 130 valence electrons. The minimum atomic E-state index is -2.58. The molecule has 1 fully saturated rings. The fraction of sp³-hybridized carbons (Fsp3) is 0.706. The highest BCUT2D eigenvalue weighted by atomic mass is 19.3. The SMILES string of the molecule is CCc1ccc(CCCCNCCOC2CC2(F)F)nc1NC. The Hall–Kier alpha value is -1.27. The number of hydrogen-bond donors (Lipinski definition) is 2. The fourth-order valence-electron chi connectivity index (χ4n) is 2.49. The van der Waals surface area contributed by atoms with Crippen molar-refractivity contribution < 1.29 is 13.5 Å². The largest absolute Gasteiger partial charge is 0.373 e. The van der Waals surface area contributed by atoms with Gasteiger partial charge in [-0.2, -0.15) is 0 Å². The van der Waals surface area contributed by atoms with Crippen LogP contribution in [-0.4, -0.2) is 43.8 Å². The van der Waals surface area contributed by atoms with E-state index in [1.165, 1.54) is 5.56 Å². The Morgan fingerprint density at radius 1 is 1.30 bits per heavy atom. The van der Waals surface area contributed by atoms with Crippen LogP contribution in [0.4, 0.5) is 14.6 Å². The Morgan fingerprint density at radius 3 is 2.74 bits per heavy atom. The van der Waals surface area contributed by atoms with Crippen molar-refractivity contribution in [2.45, 2.75) is 51.1 Å². The summed E-state index contributed by atoms with van der Waals surface area (Å²) in [5, 5.41) is 6.36. The second kappa shape index (κ2) is 8.55. The van der Waals surface area contributed by atoms with E-state index in [1.807, 2.05) is 7.05 Å². The summed E-state index contributed by atoms with van der Waals surface area (Å²) < 4.78 is 30.2. The molecule has 1 aromatic heterocycles. The number of aryl methyl sites for hydroxylation is 2. The summed E-state index contributed by atoms with van der Waals surface area (Å²) in [5.74, 6) is -1.61. The lowest BCUT2D eigenvalue weighted by Crippen LogP contribution is -2.22. The topological polar surface area (TPSA) is 46.2 Å². The average molecular weight is 327 g/mol. The van der Waals surface area contributed by atoms with Crippen molar-refractivity contribution in [3.8, 4) is 0 Å². The molecule has 0 spiro atoms. The van der Waals surface area contributed by atoms with Gasteiger partial charge in [-0.1, -0.05) is 13.0 Å². The Kier molecular flexibility index (Phi) is 6.72. The zero-order valence-corrected chi connectivity index (χ0v) is 14.0. The number of unbranched alkanes of at least 4 members (excludes halogenated alkanes) is 1. The van der Waals surface area contributed by atoms with Crippen molar-refractivity contribution in [1.29, 1.82) is 0 Å². The maximum atomic E-state index is 12.6. The van der Waals surface area contributed by atoms with Gasteiger partial charge in [0.2, 0.25) is 0 Å². The Bertz CT molecular complexity index is 497. The van der Waals surface area contributed by atoms with Crippen molar-refractivity contribution >= 4 is 5.82 Å². The third kappa shape index (κ3) is 5.70. The molecule has 1 unspecified atom stereocenters. The first kappa shape index (κ1) is 18.1. The van der Waals surface area contributed by atoms with Gasteiger partial charge in [-0.05, 0) is 43.9 Å². The van der Waals surface area contributed by atoms with Crippen LogP contribution < -0.4 is 10.6 Å². The average Bonchev–Trinajstić information content (AvgIpc) is 3.16. The van der Waals surface area contributed by atoms with Gasteiger partial charge in [-0.3, -0.25) is 0 Å². The molecule has 2 rings (SSSR count). The molecule has 1 aliphatic carbocycles. The van der Waals surface area contributed by atoms with E-state index < -0.39 is 12.0 Å². The molecule has 0 amide bonds. The molecule has 1 atom stereocenters. The Balaban J connectivity index is 1.52. The van der Waals surface area contributed by atoms with E-state index in [9.17, 15) is 8.78 Å². The summed E-state index contributed by atoms with van der Waals surface area (Å²) in [5.41, 5.74) is 2.34. The second-order valence-electron chi connectivity index (χ2n) is 5.95. The number of ether oxygens (including phenoxy) is 1. The first-order valence-electron chi connectivity index (χ1n) is 8.43. The minimum absolute atomic E-state index is 0.120. The summed E-state index contributed by atoms with van der Waals surface area (Å²) >= 11 is 0. The lowest BCUT2D eigenvalue weighted by Gasteiger charge is -2.09. The van der Waals surface area contributed by atoms with Crippen LogP contribution in [-0.2, 0) is 17.6 Å². The van der Waals surface area contributed by atoms with Crippen molar-refractivity contribution in [2.75, 3.05) is 32.1 Å². The van der Waals surface area contributed by atoms with Crippen LogP contribution in [0.1, 0.15) is 37.4 Å². The van der Waals surface area contributed by atoms with Crippen LogP contribution in [0, 0.1) is 0 Å². The van der Waals surface area contributed by atoms with Crippen molar-refractivity contribution in [3.05, 3.63) is 23.4 Å². The van der Waals surface area contributed by atoms with Crippen molar-refractivity contribution in [2.24, 2.45) is 0 Å². The first-order valence-corrected chi connectivity index (χ1v) is 8.43. The number of nitrogens with one attached hydrogen (secondary N) is 2. The Morgan fingerprint density at radius 2 is 2.09 bits per heavy atom. The van der Waals surface area contributed by atoms with Gasteiger partial charge in [0.15, 0.2) is 0 Å². The summed E-state index contributed by atoms with van der Waals surface area (Å²) in [6.45, 7) is 3.97. The van der Waals surface area contributed by atoms with E-state index in [-0.39, 0.29) is 6.42 Å². The monoisotopic (exact) mass is 327 g/mol. The standard InChI is InChI=1S/C17H27F2N3O/c1-3-13-7-8-14(22-16(13)20-2)6-4-5-9-21-10-11-23-15-12-17(15,18)19/h7-8,15,21H,3-6,9-12H2,1-2H3,(H,20,22). The molecule has 0 saturated heterocycles. The molecular formula is C17H27F2N3O. The molecule has 1 aromatic rings. The summed E-state index contributed by atoms with van der Waals surface area (Å²) in [6, 6.07) is 4.23. The molecule has 0 aliphatic heterocycles. The highest BCUT2D eigenvalue weighted by molar-refractivity contribution is 5.44. The van der Waals surface area contributed by atoms with E-state index in [1.54, 1.807) is 0 Å². The number of hydrogen-bond acceptors (Lipinski definition) is 4. The number of nitrogens with zero attached hydrogens (tertiary/aromatic N) is 1. The Labute approximate surface area is 137 Å². The molecule has 2 N–H and O–H groups in total. The zero-order chi connectivity index (χ0) is 16.7. The highest BCUT2D eigenvalue weighted by Crippen LogP contribution is 2.44. The first-order chi connectivity index (χ1) is 11.1. The molecule has 6 heteroatoms. The number of alkyl halides is 2. The van der Waals surface area contributed by atoms with E-state index >= 15 is 0 Å². The molecule has 0 aromatic carbocycles. The fourth-order valence-corrected chi connectivity index (χ4v) is 2.49. The maximum Gasteiger partial charge on any atom is 0.276 e. The molecule has 1 aliphatic rings. The zero-order valence-electron chi connectivity index (χ0n) is 14.0. The van der Waals surface area contributed by atoms with E-state index in [2.05, 4.69) is 34.7 Å². The van der Waals surface area contributed by atoms with Crippen LogP contribution in [0.2, 0.25) is 0 Å². The highest BCUT2D eigenvalue weighted by Gasteiger charge is 2.58. The van der Waals surface area contributed by atoms with Gasteiger partial charge in [-0.25, -0.2) is 13.8 Å². The number of halogens is 2. The predicted octanol–water partition coefficient (Wildman–Crippen LogP) is 3.02. The van der Waals surface area contributed by atoms with Gasteiger partial charge in [0, 0.05) is 25.7 Å². The van der Waals surface area contributed by atoms with E-state index in [0.717, 1.165) is 43.7 Å². The number of aromatic nitrogens is 1. The molecule has 1 heterocycles. The van der Waals surface area contributed by atoms with Gasteiger partial charge in [0.25, 0.3) is 5.92 Å². The number of pyridine rings is 1. The van der Waals surface area contributed by atoms with Crippen LogP contribution in [0.3, 0.4) is 0 Å². The van der Waals surface area contributed by atoms with Gasteiger partial charge in [0.1, 0.15) is 11.9 Å². The maximum absolute atomic E-state index is 12.6. The molecule has 0 bridgehead atoms. The van der Waals surface area contributed by atoms with Gasteiger partial charge < -0.3 is 15.4 Å². The molecule has 23 heavy (non-hydrogen) atoms. The van der Waals surface area contributed by atoms with Crippen molar-refractivity contribution in [1.82, 2.24) is 10.3 Å². The van der Waals surface area contributed by atoms with Crippen LogP contribution in [0.25, 0.3) is 0 Å². The van der Waals surface area contributed by atoms with Gasteiger partial charge in [-0.15, -0.1) is 0 Å². The quantitative estimate of drug-likeness (QED) is 0.613. The summed E-state index contributed by atoms with van der Waals surface area (Å²) in [7, 11) is 1.90. The predicted molar refractivity (Wildman–Crippen MR) is 88.3 cm³/mol. The summed E-state index contributed by atoms with van der Waals surface area (Å²) in [6.07, 6.45) is 3.04. The minimum Gasteiger partial charge on any atom is -0.373 e. The van der Waals surface area contributed by atoms with Crippen LogP contribution >= 0.6 is 0 Å². The van der Waals surface area contributed by atoms with Gasteiger partial charge in [0.05, 0.1) is 6.61 Å². The van der Waals surface area contributed by atoms with E-state index in [0.29, 0.717) is 13.2 Å². The molecule has 0 radical (unpaired) electrons. The molecule has 1 saturated carbocycles. The van der Waals surface area contributed by atoms with E-state index in [4.69, 9.17) is 4.74 Å². The normalized spacial score (nSPS) is 18.9. The lowest BCUT2D eigenvalue weighted by molar-refractivity contribution is 0.0144. The smallest absolute Gasteiger partial charge is 0.276 e. The van der Waals surface area contributed by atoms with Crippen LogP contribution in [0.15, 0.2) is 12.1 Å². The van der Waals surface area contributed by atoms with Crippen LogP contribution in [0.5, 0.6) is 0 Å². The molecule has 4 nitrogen and oxygen atoms in total. The molecular weight excluding hydrogens is 300 g/mol. The summed E-state index contributed by atoms with van der Waals surface area (Å²) in [4.78, 5) is 4.63. The second-order valence-corrected chi connectivity index (χ2v) is 5.95.